The quantitative estimate of drug-likeness (QED) is 0.166. The highest BCUT2D eigenvalue weighted by Gasteiger charge is 2.39. The molecule has 2 aliphatic carbocycles. The van der Waals surface area contributed by atoms with E-state index >= 15 is 0 Å². The van der Waals surface area contributed by atoms with Crippen molar-refractivity contribution in [2.75, 3.05) is 9.80 Å². The van der Waals surface area contributed by atoms with E-state index in [1.807, 2.05) is 12.1 Å². The molecule has 0 saturated heterocycles. The van der Waals surface area contributed by atoms with Gasteiger partial charge >= 0.3 is 0 Å². The van der Waals surface area contributed by atoms with Crippen LogP contribution in [0.5, 0.6) is 0 Å². The minimum atomic E-state index is -0.244. The average Bonchev–Trinajstić information content (AvgIpc) is 4.25. The molecule has 0 saturated carbocycles. The number of benzene rings is 10. The summed E-state index contributed by atoms with van der Waals surface area (Å²) in [5, 5.41) is 7.06. The Morgan fingerprint density at radius 2 is 0.632 bits per heavy atom. The van der Waals surface area contributed by atoms with Gasteiger partial charge in [-0.3, -0.25) is 0 Å². The van der Waals surface area contributed by atoms with Crippen LogP contribution in [0.15, 0.2) is 203 Å². The summed E-state index contributed by atoms with van der Waals surface area (Å²) >= 11 is 0. The molecule has 4 heteroatoms. The van der Waals surface area contributed by atoms with E-state index in [4.69, 9.17) is 8.83 Å². The molecule has 0 bridgehead atoms. The second-order valence-corrected chi connectivity index (χ2v) is 24.7. The van der Waals surface area contributed by atoms with Crippen LogP contribution in [0.1, 0.15) is 103 Å². The van der Waals surface area contributed by atoms with Gasteiger partial charge in [0.05, 0.1) is 0 Å². The molecule has 12 aromatic rings. The highest BCUT2D eigenvalue weighted by Crippen LogP contribution is 2.56. The third kappa shape index (κ3) is 7.03. The van der Waals surface area contributed by atoms with Crippen LogP contribution in [0.3, 0.4) is 0 Å². The molecule has 0 atom stereocenters. The first-order valence-electron chi connectivity index (χ1n) is 27.0. The first-order valence-corrected chi connectivity index (χ1v) is 27.0. The van der Waals surface area contributed by atoms with Crippen molar-refractivity contribution in [2.24, 2.45) is 0 Å². The van der Waals surface area contributed by atoms with E-state index in [-0.39, 0.29) is 21.7 Å². The topological polar surface area (TPSA) is 32.8 Å². The highest BCUT2D eigenvalue weighted by molar-refractivity contribution is 6.08. The second-order valence-electron chi connectivity index (χ2n) is 24.7. The molecule has 0 spiro atoms. The molecule has 10 aromatic carbocycles. The summed E-state index contributed by atoms with van der Waals surface area (Å²) in [6.45, 7) is 23.3. The van der Waals surface area contributed by atoms with E-state index in [2.05, 4.69) is 261 Å². The van der Waals surface area contributed by atoms with Gasteiger partial charge < -0.3 is 18.6 Å². The third-order valence-electron chi connectivity index (χ3n) is 17.1. The molecule has 0 N–H and O–H groups in total. The first-order chi connectivity index (χ1) is 36.4. The Morgan fingerprint density at radius 3 is 1.04 bits per heavy atom. The van der Waals surface area contributed by atoms with E-state index in [1.165, 1.54) is 66.4 Å². The van der Waals surface area contributed by atoms with E-state index in [0.29, 0.717) is 0 Å². The van der Waals surface area contributed by atoms with Crippen LogP contribution >= 0.6 is 0 Å². The molecule has 76 heavy (non-hydrogen) atoms. The van der Waals surface area contributed by atoms with Gasteiger partial charge in [0.25, 0.3) is 0 Å². The smallest absolute Gasteiger partial charge is 0.137 e. The number of hydrogen-bond acceptors (Lipinski definition) is 4. The molecular formula is C72H62N2O2. The van der Waals surface area contributed by atoms with Crippen molar-refractivity contribution in [2.45, 2.75) is 90.9 Å². The van der Waals surface area contributed by atoms with Gasteiger partial charge in [0.1, 0.15) is 22.3 Å². The van der Waals surface area contributed by atoms with Gasteiger partial charge in [-0.1, -0.05) is 142 Å². The van der Waals surface area contributed by atoms with Crippen LogP contribution in [0, 0.1) is 0 Å². The fourth-order valence-electron chi connectivity index (χ4n) is 12.8. The summed E-state index contributed by atoms with van der Waals surface area (Å²) in [6.07, 6.45) is 0. The van der Waals surface area contributed by atoms with Crippen LogP contribution in [0.25, 0.3) is 76.9 Å². The van der Waals surface area contributed by atoms with E-state index in [9.17, 15) is 0 Å². The SMILES string of the molecule is CC(C)(C)c1ccc(N(c2ccc3c(c2)C(C)(C)c2cc4cc5c(cc4cc2-3)-c2ccc(N(c3ccc(C(C)(C)C)cc3)c3ccc4c(c3)oc3ccccc34)cc2C5(C)C)c2ccc3c(c2)oc2ccccc23)cc1. The van der Waals surface area contributed by atoms with Gasteiger partial charge in [0.2, 0.25) is 0 Å². The Hall–Kier alpha value is -8.34. The number of fused-ring (bicyclic) bond motifs is 13. The number of para-hydroxylation sites is 2. The summed E-state index contributed by atoms with van der Waals surface area (Å²) in [4.78, 5) is 4.79. The van der Waals surface area contributed by atoms with Crippen molar-refractivity contribution < 1.29 is 8.83 Å². The zero-order valence-corrected chi connectivity index (χ0v) is 45.2. The maximum Gasteiger partial charge on any atom is 0.137 e. The maximum atomic E-state index is 6.48. The van der Waals surface area contributed by atoms with Crippen LogP contribution in [-0.4, -0.2) is 0 Å². The fraction of sp³-hybridized carbons (Fsp3) is 0.194. The van der Waals surface area contributed by atoms with Crippen molar-refractivity contribution in [1.29, 1.82) is 0 Å². The van der Waals surface area contributed by atoms with Crippen LogP contribution in [-0.2, 0) is 21.7 Å². The Balaban J connectivity index is 0.859. The summed E-state index contributed by atoms with van der Waals surface area (Å²) in [5.74, 6) is 0. The number of hydrogen-bond donors (Lipinski definition) is 0. The molecule has 14 rings (SSSR count). The summed E-state index contributed by atoms with van der Waals surface area (Å²) < 4.78 is 13.0. The molecule has 0 aliphatic heterocycles. The third-order valence-corrected chi connectivity index (χ3v) is 17.1. The van der Waals surface area contributed by atoms with Gasteiger partial charge in [0, 0.05) is 78.6 Å². The van der Waals surface area contributed by atoms with Crippen molar-refractivity contribution in [3.63, 3.8) is 0 Å². The largest absolute Gasteiger partial charge is 0.456 e. The number of nitrogens with zero attached hydrogens (tertiary/aromatic N) is 2. The van der Waals surface area contributed by atoms with Gasteiger partial charge in [-0.25, -0.2) is 0 Å². The van der Waals surface area contributed by atoms with E-state index < -0.39 is 0 Å². The zero-order valence-electron chi connectivity index (χ0n) is 45.2. The summed E-state index contributed by atoms with van der Waals surface area (Å²) in [5.41, 5.74) is 23.0. The molecule has 372 valence electrons. The maximum absolute atomic E-state index is 6.48. The second kappa shape index (κ2) is 16.1. The van der Waals surface area contributed by atoms with Gasteiger partial charge in [-0.15, -0.1) is 0 Å². The normalized spacial score (nSPS) is 14.4. The van der Waals surface area contributed by atoms with Crippen LogP contribution in [0.4, 0.5) is 34.1 Å². The predicted octanol–water partition coefficient (Wildman–Crippen LogP) is 20.8. The molecule has 2 heterocycles. The Morgan fingerprint density at radius 1 is 0.303 bits per heavy atom. The van der Waals surface area contributed by atoms with Crippen molar-refractivity contribution in [3.05, 3.63) is 228 Å². The molecule has 0 amide bonds. The van der Waals surface area contributed by atoms with Crippen LogP contribution in [0.2, 0.25) is 0 Å². The van der Waals surface area contributed by atoms with Crippen LogP contribution < -0.4 is 9.80 Å². The molecule has 2 aromatic heterocycles. The van der Waals surface area contributed by atoms with Crippen molar-refractivity contribution in [3.8, 4) is 22.3 Å². The molecule has 4 nitrogen and oxygen atoms in total. The lowest BCUT2D eigenvalue weighted by atomic mass is 9.80. The number of rotatable bonds is 6. The number of furan rings is 2. The summed E-state index contributed by atoms with van der Waals surface area (Å²) in [6, 6.07) is 72.3. The minimum Gasteiger partial charge on any atom is -0.456 e. The lowest BCUT2D eigenvalue weighted by Crippen LogP contribution is -2.17. The van der Waals surface area contributed by atoms with Gasteiger partial charge in [0.15, 0.2) is 0 Å². The minimum absolute atomic E-state index is 0.0438. The average molecular weight is 987 g/mol. The standard InChI is InChI=1S/C72H62N2O2/c1-69(2,3)45-19-23-47(24-20-45)73(51-29-33-57-55-15-11-13-17-65(55)75-67(57)41-51)49-27-31-53-59-35-43-36-60-54-32-28-50(40-64(54)72(9,10)62(60)38-44(43)37-61(59)71(7,8)63(53)39-49)74(48-25-21-46(22-26-48)70(4,5)6)52-30-34-58-56-16-12-14-18-66(56)76-68(58)42-52/h11-42H,1-10H3. The molecule has 0 radical (unpaired) electrons. The predicted molar refractivity (Wildman–Crippen MR) is 320 cm³/mol. The van der Waals surface area contributed by atoms with Crippen molar-refractivity contribution in [1.82, 2.24) is 0 Å². The molecule has 0 unspecified atom stereocenters. The molecule has 0 fully saturated rings. The molecule has 2 aliphatic rings. The Kier molecular flexibility index (Phi) is 9.78. The van der Waals surface area contributed by atoms with E-state index in [0.717, 1.165) is 78.0 Å². The highest BCUT2D eigenvalue weighted by atomic mass is 16.3. The molecular weight excluding hydrogens is 925 g/mol. The lowest BCUT2D eigenvalue weighted by molar-refractivity contribution is 0.590. The number of anilines is 6. The summed E-state index contributed by atoms with van der Waals surface area (Å²) in [7, 11) is 0. The lowest BCUT2D eigenvalue weighted by Gasteiger charge is -2.29. The van der Waals surface area contributed by atoms with Crippen molar-refractivity contribution >= 4 is 88.8 Å². The zero-order chi connectivity index (χ0) is 52.2. The van der Waals surface area contributed by atoms with Gasteiger partial charge in [-0.2, -0.15) is 0 Å². The monoisotopic (exact) mass is 986 g/mol. The Bertz CT molecular complexity index is 4080. The first kappa shape index (κ1) is 46.2. The van der Waals surface area contributed by atoms with E-state index in [1.54, 1.807) is 0 Å². The fourth-order valence-corrected chi connectivity index (χ4v) is 12.8. The Labute approximate surface area is 445 Å². The van der Waals surface area contributed by atoms with Gasteiger partial charge in [-0.05, 0) is 186 Å².